The Morgan fingerprint density at radius 1 is 1.25 bits per heavy atom. The average Bonchev–Trinajstić information content (AvgIpc) is 3.35. The minimum absolute atomic E-state index is 0.0413. The molecule has 2 bridgehead atoms. The monoisotopic (exact) mass is 328 g/mol. The lowest BCUT2D eigenvalue weighted by Crippen LogP contribution is -2.31. The lowest BCUT2D eigenvalue weighted by Gasteiger charge is -2.17. The minimum Gasteiger partial charge on any atom is -0.374 e. The fourth-order valence-corrected chi connectivity index (χ4v) is 4.53. The van der Waals surface area contributed by atoms with Crippen molar-refractivity contribution >= 4 is 5.91 Å². The Balaban J connectivity index is 1.36. The van der Waals surface area contributed by atoms with Crippen molar-refractivity contribution in [3.05, 3.63) is 23.7 Å². The number of likely N-dealkylation sites (tertiary alicyclic amines) is 1. The van der Waals surface area contributed by atoms with Crippen LogP contribution in [0.3, 0.4) is 0 Å². The zero-order chi connectivity index (χ0) is 16.4. The van der Waals surface area contributed by atoms with Crippen LogP contribution < -0.4 is 0 Å². The Kier molecular flexibility index (Phi) is 2.92. The number of ether oxygens (including phenoxy) is 1. The van der Waals surface area contributed by atoms with Gasteiger partial charge >= 0.3 is 0 Å². The normalized spacial score (nSPS) is 31.0. The third-order valence-electron chi connectivity index (χ3n) is 5.97. The van der Waals surface area contributed by atoms with E-state index in [4.69, 9.17) is 9.26 Å². The van der Waals surface area contributed by atoms with Crippen molar-refractivity contribution in [3.8, 4) is 11.3 Å². The Labute approximate surface area is 139 Å². The molecule has 0 spiro atoms. The van der Waals surface area contributed by atoms with Gasteiger partial charge < -0.3 is 14.2 Å². The summed E-state index contributed by atoms with van der Waals surface area (Å²) in [5.41, 5.74) is 2.23. The molecule has 126 valence electrons. The number of carbonyl (C=O) groups excluding carboxylic acids is 1. The largest absolute Gasteiger partial charge is 0.374 e. The van der Waals surface area contributed by atoms with Crippen molar-refractivity contribution in [1.82, 2.24) is 19.8 Å². The van der Waals surface area contributed by atoms with Crippen molar-refractivity contribution in [2.75, 3.05) is 13.1 Å². The third-order valence-corrected chi connectivity index (χ3v) is 5.97. The summed E-state index contributed by atoms with van der Waals surface area (Å²) in [6, 6.07) is 1.73. The molecule has 7 heteroatoms. The van der Waals surface area contributed by atoms with Gasteiger partial charge in [0.2, 0.25) is 0 Å². The van der Waals surface area contributed by atoms with Gasteiger partial charge in [0.05, 0.1) is 24.0 Å². The fraction of sp³-hybridized carbons (Fsp3) is 0.588. The molecule has 1 amide bonds. The van der Waals surface area contributed by atoms with Gasteiger partial charge in [-0.05, 0) is 19.8 Å². The maximum Gasteiger partial charge on any atom is 0.276 e. The van der Waals surface area contributed by atoms with Crippen LogP contribution in [-0.2, 0) is 11.8 Å². The number of carbonyl (C=O) groups is 1. The second-order valence-electron chi connectivity index (χ2n) is 7.17. The lowest BCUT2D eigenvalue weighted by molar-refractivity contribution is 0.0588. The summed E-state index contributed by atoms with van der Waals surface area (Å²) in [7, 11) is 1.88. The van der Waals surface area contributed by atoms with Crippen LogP contribution in [0.5, 0.6) is 0 Å². The van der Waals surface area contributed by atoms with Crippen LogP contribution in [0.25, 0.3) is 11.3 Å². The third kappa shape index (κ3) is 1.90. The van der Waals surface area contributed by atoms with E-state index in [0.717, 1.165) is 37.2 Å². The minimum atomic E-state index is -0.0413. The SMILES string of the molecule is Cc1c(-c2cc(C(=O)N3C[C@@H]4[C@H](C3)[C@H]3CC[C@@H]4O3)no2)cnn1C. The number of hydrogen-bond donors (Lipinski definition) is 0. The zero-order valence-electron chi connectivity index (χ0n) is 13.8. The van der Waals surface area contributed by atoms with Crippen molar-refractivity contribution in [3.63, 3.8) is 0 Å². The van der Waals surface area contributed by atoms with E-state index in [-0.39, 0.29) is 5.91 Å². The quantitative estimate of drug-likeness (QED) is 0.838. The molecule has 5 heterocycles. The van der Waals surface area contributed by atoms with E-state index in [0.29, 0.717) is 35.5 Å². The van der Waals surface area contributed by atoms with E-state index in [1.165, 1.54) is 0 Å². The number of rotatable bonds is 2. The molecule has 3 fully saturated rings. The van der Waals surface area contributed by atoms with Crippen LogP contribution in [-0.4, -0.2) is 51.0 Å². The van der Waals surface area contributed by atoms with Gasteiger partial charge in [-0.3, -0.25) is 9.48 Å². The highest BCUT2D eigenvalue weighted by atomic mass is 16.5. The van der Waals surface area contributed by atoms with E-state index in [9.17, 15) is 4.79 Å². The summed E-state index contributed by atoms with van der Waals surface area (Å²) < 4.78 is 13.1. The van der Waals surface area contributed by atoms with Gasteiger partial charge in [0.25, 0.3) is 5.91 Å². The van der Waals surface area contributed by atoms with Crippen LogP contribution >= 0.6 is 0 Å². The van der Waals surface area contributed by atoms with E-state index < -0.39 is 0 Å². The van der Waals surface area contributed by atoms with Crippen LogP contribution in [0.15, 0.2) is 16.8 Å². The van der Waals surface area contributed by atoms with E-state index in [1.54, 1.807) is 16.9 Å². The first-order chi connectivity index (χ1) is 11.6. The highest BCUT2D eigenvalue weighted by molar-refractivity contribution is 5.93. The van der Waals surface area contributed by atoms with Gasteiger partial charge in [-0.2, -0.15) is 5.10 Å². The number of nitrogens with zero attached hydrogens (tertiary/aromatic N) is 4. The van der Waals surface area contributed by atoms with Gasteiger partial charge in [-0.15, -0.1) is 0 Å². The molecular weight excluding hydrogens is 308 g/mol. The molecule has 3 saturated heterocycles. The molecule has 4 atom stereocenters. The van der Waals surface area contributed by atoms with Crippen LogP contribution in [0.2, 0.25) is 0 Å². The van der Waals surface area contributed by atoms with Crippen LogP contribution in [0.1, 0.15) is 29.0 Å². The first-order valence-electron chi connectivity index (χ1n) is 8.52. The van der Waals surface area contributed by atoms with Gasteiger partial charge in [-0.25, -0.2) is 0 Å². The van der Waals surface area contributed by atoms with E-state index in [2.05, 4.69) is 10.3 Å². The summed E-state index contributed by atoms with van der Waals surface area (Å²) in [6.07, 6.45) is 4.72. The van der Waals surface area contributed by atoms with Gasteiger partial charge in [0.15, 0.2) is 11.5 Å². The van der Waals surface area contributed by atoms with Crippen molar-refractivity contribution in [1.29, 1.82) is 0 Å². The number of fused-ring (bicyclic) bond motifs is 5. The highest BCUT2D eigenvalue weighted by Gasteiger charge is 2.53. The molecule has 5 rings (SSSR count). The summed E-state index contributed by atoms with van der Waals surface area (Å²) in [6.45, 7) is 3.52. The molecule has 7 nitrogen and oxygen atoms in total. The Hall–Kier alpha value is -2.15. The molecule has 0 aromatic carbocycles. The second kappa shape index (κ2) is 4.92. The standard InChI is InChI=1S/C17H20N4O3/c1-9-10(6-18-20(9)2)16-5-13(19-24-16)17(22)21-7-11-12(8-21)15-4-3-14(11)23-15/h5-6,11-12,14-15H,3-4,7-8H2,1-2H3/t11-,12+,14+,15-. The van der Waals surface area contributed by atoms with Crippen LogP contribution in [0, 0.1) is 18.8 Å². The maximum atomic E-state index is 12.8. The second-order valence-corrected chi connectivity index (χ2v) is 7.17. The molecular formula is C17H20N4O3. The van der Waals surface area contributed by atoms with Crippen molar-refractivity contribution in [2.24, 2.45) is 18.9 Å². The van der Waals surface area contributed by atoms with Gasteiger partial charge in [0, 0.05) is 43.7 Å². The lowest BCUT2D eigenvalue weighted by atomic mass is 9.82. The summed E-state index contributed by atoms with van der Waals surface area (Å²) in [4.78, 5) is 14.7. The molecule has 2 aromatic rings. The topological polar surface area (TPSA) is 73.4 Å². The van der Waals surface area contributed by atoms with Crippen molar-refractivity contribution < 1.29 is 14.1 Å². The highest BCUT2D eigenvalue weighted by Crippen LogP contribution is 2.47. The maximum absolute atomic E-state index is 12.8. The van der Waals surface area contributed by atoms with E-state index in [1.807, 2.05) is 18.9 Å². The molecule has 0 radical (unpaired) electrons. The Morgan fingerprint density at radius 3 is 2.58 bits per heavy atom. The summed E-state index contributed by atoms with van der Waals surface area (Å²) in [5.74, 6) is 1.55. The number of amides is 1. The molecule has 3 aliphatic heterocycles. The number of aryl methyl sites for hydroxylation is 1. The molecule has 2 aromatic heterocycles. The molecule has 0 aliphatic carbocycles. The predicted octanol–water partition coefficient (Wildman–Crippen LogP) is 1.63. The molecule has 3 aliphatic rings. The Bertz CT molecular complexity index is 793. The molecule has 0 saturated carbocycles. The van der Waals surface area contributed by atoms with Crippen molar-refractivity contribution in [2.45, 2.75) is 32.0 Å². The van der Waals surface area contributed by atoms with E-state index >= 15 is 0 Å². The average molecular weight is 328 g/mol. The fourth-order valence-electron chi connectivity index (χ4n) is 4.53. The van der Waals surface area contributed by atoms with Crippen LogP contribution in [0.4, 0.5) is 0 Å². The molecule has 24 heavy (non-hydrogen) atoms. The number of aromatic nitrogens is 3. The number of hydrogen-bond acceptors (Lipinski definition) is 5. The smallest absolute Gasteiger partial charge is 0.276 e. The first-order valence-corrected chi connectivity index (χ1v) is 8.52. The molecule has 0 N–H and O–H groups in total. The Morgan fingerprint density at radius 2 is 1.96 bits per heavy atom. The van der Waals surface area contributed by atoms with Gasteiger partial charge in [-0.1, -0.05) is 5.16 Å². The first kappa shape index (κ1) is 14.2. The molecule has 0 unspecified atom stereocenters. The predicted molar refractivity (Wildman–Crippen MR) is 84.2 cm³/mol. The van der Waals surface area contributed by atoms with Gasteiger partial charge in [0.1, 0.15) is 0 Å². The summed E-state index contributed by atoms with van der Waals surface area (Å²) >= 11 is 0. The zero-order valence-corrected chi connectivity index (χ0v) is 13.8. The summed E-state index contributed by atoms with van der Waals surface area (Å²) in [5, 5.41) is 8.21.